The van der Waals surface area contributed by atoms with E-state index < -0.39 is 0 Å². The second-order valence-electron chi connectivity index (χ2n) is 5.96. The molecule has 26 heavy (non-hydrogen) atoms. The number of hydrogen-bond acceptors (Lipinski definition) is 3. The SMILES string of the molecule is COc1ccc(NC(=O)N2CCc3[nH]c4ncc(Cl)cc4c3C2)cc1.Cl. The summed E-state index contributed by atoms with van der Waals surface area (Å²) in [6, 6.07) is 9.04. The fraction of sp³-hybridized carbons (Fsp3) is 0.222. The van der Waals surface area contributed by atoms with Crippen molar-refractivity contribution in [3.8, 4) is 5.75 Å². The van der Waals surface area contributed by atoms with Gasteiger partial charge in [-0.3, -0.25) is 0 Å². The third-order valence-electron chi connectivity index (χ3n) is 4.42. The van der Waals surface area contributed by atoms with Crippen molar-refractivity contribution in [2.24, 2.45) is 0 Å². The number of aromatic amines is 1. The number of ether oxygens (including phenoxy) is 1. The van der Waals surface area contributed by atoms with Crippen LogP contribution in [0.5, 0.6) is 5.75 Å². The van der Waals surface area contributed by atoms with Crippen molar-refractivity contribution in [2.45, 2.75) is 13.0 Å². The molecule has 0 radical (unpaired) electrons. The van der Waals surface area contributed by atoms with Gasteiger partial charge in [0.15, 0.2) is 0 Å². The zero-order chi connectivity index (χ0) is 17.4. The standard InChI is InChI=1S/C18H17ClN4O2.ClH/c1-25-13-4-2-12(3-5-13)21-18(24)23-7-6-16-15(10-23)14-8-11(19)9-20-17(14)22-16;/h2-5,8-9H,6-7,10H2,1H3,(H,20,22)(H,21,24);1H. The van der Waals surface area contributed by atoms with E-state index in [1.165, 1.54) is 0 Å². The number of carbonyl (C=O) groups is 1. The zero-order valence-electron chi connectivity index (χ0n) is 14.1. The van der Waals surface area contributed by atoms with Crippen LogP contribution in [0.15, 0.2) is 36.5 Å². The first-order valence-electron chi connectivity index (χ1n) is 7.99. The molecule has 0 fully saturated rings. The molecule has 8 heteroatoms. The van der Waals surface area contributed by atoms with Crippen LogP contribution in [0.2, 0.25) is 5.02 Å². The summed E-state index contributed by atoms with van der Waals surface area (Å²) in [6.07, 6.45) is 2.39. The number of pyridine rings is 1. The first kappa shape index (κ1) is 18.4. The van der Waals surface area contributed by atoms with Crippen molar-refractivity contribution < 1.29 is 9.53 Å². The Hall–Kier alpha value is -2.44. The first-order chi connectivity index (χ1) is 12.1. The maximum absolute atomic E-state index is 12.6. The number of nitrogens with zero attached hydrogens (tertiary/aromatic N) is 2. The summed E-state index contributed by atoms with van der Waals surface area (Å²) in [7, 11) is 1.61. The van der Waals surface area contributed by atoms with Gasteiger partial charge in [-0.25, -0.2) is 9.78 Å². The molecule has 0 aliphatic carbocycles. The lowest BCUT2D eigenvalue weighted by Crippen LogP contribution is -2.38. The summed E-state index contributed by atoms with van der Waals surface area (Å²) < 4.78 is 5.13. The molecule has 1 aliphatic rings. The summed E-state index contributed by atoms with van der Waals surface area (Å²) in [5, 5.41) is 4.49. The average molecular weight is 393 g/mol. The Kier molecular flexibility index (Phi) is 5.25. The molecule has 1 aromatic carbocycles. The van der Waals surface area contributed by atoms with Crippen LogP contribution in [0.4, 0.5) is 10.5 Å². The van der Waals surface area contributed by atoms with Gasteiger partial charge in [-0.05, 0) is 30.3 Å². The van der Waals surface area contributed by atoms with Crippen molar-refractivity contribution in [3.05, 3.63) is 52.8 Å². The second kappa shape index (κ2) is 7.43. The molecule has 0 unspecified atom stereocenters. The van der Waals surface area contributed by atoms with Crippen LogP contribution in [0.1, 0.15) is 11.3 Å². The van der Waals surface area contributed by atoms with E-state index in [4.69, 9.17) is 16.3 Å². The molecule has 0 saturated heterocycles. The van der Waals surface area contributed by atoms with Crippen LogP contribution in [0.25, 0.3) is 11.0 Å². The van der Waals surface area contributed by atoms with Crippen LogP contribution in [0.3, 0.4) is 0 Å². The third-order valence-corrected chi connectivity index (χ3v) is 4.63. The first-order valence-corrected chi connectivity index (χ1v) is 8.37. The summed E-state index contributed by atoms with van der Waals surface area (Å²) in [5.41, 5.74) is 3.76. The monoisotopic (exact) mass is 392 g/mol. The van der Waals surface area contributed by atoms with Gasteiger partial charge >= 0.3 is 6.03 Å². The van der Waals surface area contributed by atoms with Crippen molar-refractivity contribution in [2.75, 3.05) is 19.0 Å². The molecule has 1 aliphatic heterocycles. The fourth-order valence-corrected chi connectivity index (χ4v) is 3.27. The van der Waals surface area contributed by atoms with Crippen LogP contribution in [0, 0.1) is 0 Å². The normalized spacial score (nSPS) is 13.1. The Labute approximate surface area is 161 Å². The number of nitrogens with one attached hydrogen (secondary N) is 2. The molecule has 0 spiro atoms. The largest absolute Gasteiger partial charge is 0.497 e. The lowest BCUT2D eigenvalue weighted by Gasteiger charge is -2.27. The Morgan fingerprint density at radius 1 is 1.35 bits per heavy atom. The Morgan fingerprint density at radius 2 is 2.12 bits per heavy atom. The van der Waals surface area contributed by atoms with Crippen LogP contribution >= 0.6 is 24.0 Å². The molecular formula is C18H18Cl2N4O2. The minimum absolute atomic E-state index is 0. The smallest absolute Gasteiger partial charge is 0.322 e. The van der Waals surface area contributed by atoms with Crippen LogP contribution in [-0.4, -0.2) is 34.6 Å². The highest BCUT2D eigenvalue weighted by Crippen LogP contribution is 2.28. The molecule has 3 heterocycles. The molecule has 6 nitrogen and oxygen atoms in total. The van der Waals surface area contributed by atoms with Gasteiger partial charge in [0, 0.05) is 48.0 Å². The lowest BCUT2D eigenvalue weighted by molar-refractivity contribution is 0.206. The van der Waals surface area contributed by atoms with Gasteiger partial charge in [0.05, 0.1) is 12.1 Å². The van der Waals surface area contributed by atoms with Gasteiger partial charge in [-0.2, -0.15) is 0 Å². The number of aromatic nitrogens is 2. The predicted molar refractivity (Wildman–Crippen MR) is 104 cm³/mol. The van der Waals surface area contributed by atoms with Gasteiger partial charge in [-0.15, -0.1) is 12.4 Å². The molecule has 3 aromatic rings. The van der Waals surface area contributed by atoms with Crippen molar-refractivity contribution in [3.63, 3.8) is 0 Å². The van der Waals surface area contributed by atoms with Gasteiger partial charge in [0.25, 0.3) is 0 Å². The molecule has 0 atom stereocenters. The van der Waals surface area contributed by atoms with E-state index in [1.54, 1.807) is 18.2 Å². The summed E-state index contributed by atoms with van der Waals surface area (Å²) in [6.45, 7) is 1.18. The molecule has 0 saturated carbocycles. The van der Waals surface area contributed by atoms with Gasteiger partial charge in [0.1, 0.15) is 11.4 Å². The molecular weight excluding hydrogens is 375 g/mol. The average Bonchev–Trinajstić information content (AvgIpc) is 2.99. The lowest BCUT2D eigenvalue weighted by atomic mass is 10.1. The minimum atomic E-state index is -0.125. The highest BCUT2D eigenvalue weighted by Gasteiger charge is 2.24. The maximum Gasteiger partial charge on any atom is 0.322 e. The van der Waals surface area contributed by atoms with E-state index >= 15 is 0 Å². The summed E-state index contributed by atoms with van der Waals surface area (Å²) in [4.78, 5) is 22.0. The molecule has 2 amide bonds. The van der Waals surface area contributed by atoms with Gasteiger partial charge in [-0.1, -0.05) is 11.6 Å². The molecule has 0 bridgehead atoms. The zero-order valence-corrected chi connectivity index (χ0v) is 15.7. The van der Waals surface area contributed by atoms with E-state index in [2.05, 4.69) is 15.3 Å². The van der Waals surface area contributed by atoms with Crippen molar-refractivity contribution in [1.82, 2.24) is 14.9 Å². The van der Waals surface area contributed by atoms with Gasteiger partial charge < -0.3 is 19.9 Å². The van der Waals surface area contributed by atoms with E-state index in [-0.39, 0.29) is 18.4 Å². The van der Waals surface area contributed by atoms with E-state index in [0.29, 0.717) is 18.1 Å². The number of carbonyl (C=O) groups excluding carboxylic acids is 1. The topological polar surface area (TPSA) is 70.2 Å². The predicted octanol–water partition coefficient (Wildman–Crippen LogP) is 4.24. The van der Waals surface area contributed by atoms with E-state index in [9.17, 15) is 4.79 Å². The van der Waals surface area contributed by atoms with Crippen LogP contribution in [-0.2, 0) is 13.0 Å². The number of hydrogen-bond donors (Lipinski definition) is 2. The number of methoxy groups -OCH3 is 1. The van der Waals surface area contributed by atoms with Crippen LogP contribution < -0.4 is 10.1 Å². The molecule has 136 valence electrons. The van der Waals surface area contributed by atoms with Gasteiger partial charge in [0.2, 0.25) is 0 Å². The summed E-state index contributed by atoms with van der Waals surface area (Å²) >= 11 is 6.07. The number of benzene rings is 1. The fourth-order valence-electron chi connectivity index (χ4n) is 3.11. The van der Waals surface area contributed by atoms with E-state index in [1.807, 2.05) is 30.3 Å². The minimum Gasteiger partial charge on any atom is -0.497 e. The Balaban J connectivity index is 0.00000196. The number of halogens is 2. The number of anilines is 1. The number of fused-ring (bicyclic) bond motifs is 3. The maximum atomic E-state index is 12.6. The Morgan fingerprint density at radius 3 is 2.85 bits per heavy atom. The number of urea groups is 1. The number of H-pyrrole nitrogens is 1. The van der Waals surface area contributed by atoms with Crippen molar-refractivity contribution >= 4 is 46.8 Å². The van der Waals surface area contributed by atoms with E-state index in [0.717, 1.165) is 40.1 Å². The molecule has 4 rings (SSSR count). The number of rotatable bonds is 2. The second-order valence-corrected chi connectivity index (χ2v) is 6.40. The molecule has 2 aromatic heterocycles. The summed E-state index contributed by atoms with van der Waals surface area (Å²) in [5.74, 6) is 0.754. The van der Waals surface area contributed by atoms with Crippen molar-refractivity contribution in [1.29, 1.82) is 0 Å². The number of amides is 2. The highest BCUT2D eigenvalue weighted by atomic mass is 35.5. The molecule has 2 N–H and O–H groups in total. The Bertz CT molecular complexity index is 940. The quantitative estimate of drug-likeness (QED) is 0.684. The highest BCUT2D eigenvalue weighted by molar-refractivity contribution is 6.31. The third kappa shape index (κ3) is 3.43.